The zero-order valence-corrected chi connectivity index (χ0v) is 18.8. The third-order valence-electron chi connectivity index (χ3n) is 5.72. The van der Waals surface area contributed by atoms with Gasteiger partial charge < -0.3 is 15.4 Å². The molecule has 9 heteroatoms. The van der Waals surface area contributed by atoms with Crippen LogP contribution < -0.4 is 15.4 Å². The molecule has 0 spiro atoms. The van der Waals surface area contributed by atoms with Crippen molar-refractivity contribution in [3.63, 3.8) is 0 Å². The molecule has 8 nitrogen and oxygen atoms in total. The SMILES string of the molecule is COc1ccc(C(=O)Nc2nccnc2C(=O)NC2CCN(Cc3cccc(F)c3)CC2)cc1. The van der Waals surface area contributed by atoms with Crippen LogP contribution in [0.25, 0.3) is 0 Å². The van der Waals surface area contributed by atoms with Gasteiger partial charge in [-0.2, -0.15) is 0 Å². The summed E-state index contributed by atoms with van der Waals surface area (Å²) in [6.45, 7) is 2.23. The number of piperidine rings is 1. The number of carbonyl (C=O) groups is 2. The molecular formula is C25H26FN5O3. The van der Waals surface area contributed by atoms with Crippen LogP contribution in [0, 0.1) is 5.82 Å². The van der Waals surface area contributed by atoms with E-state index in [1.807, 2.05) is 6.07 Å². The maximum absolute atomic E-state index is 13.4. The summed E-state index contributed by atoms with van der Waals surface area (Å²) in [5.74, 6) is -0.287. The predicted octanol–water partition coefficient (Wildman–Crippen LogP) is 3.27. The van der Waals surface area contributed by atoms with E-state index >= 15 is 0 Å². The normalized spacial score (nSPS) is 14.4. The van der Waals surface area contributed by atoms with Gasteiger partial charge in [0, 0.05) is 43.6 Å². The van der Waals surface area contributed by atoms with Crippen molar-refractivity contribution >= 4 is 17.6 Å². The molecule has 0 aliphatic carbocycles. The fourth-order valence-corrected chi connectivity index (χ4v) is 3.90. The van der Waals surface area contributed by atoms with Gasteiger partial charge in [0.2, 0.25) is 0 Å². The summed E-state index contributed by atoms with van der Waals surface area (Å²) in [7, 11) is 1.55. The highest BCUT2D eigenvalue weighted by Gasteiger charge is 2.24. The summed E-state index contributed by atoms with van der Waals surface area (Å²) in [5.41, 5.74) is 1.40. The number of nitrogens with zero attached hydrogens (tertiary/aromatic N) is 3. The van der Waals surface area contributed by atoms with Gasteiger partial charge in [0.15, 0.2) is 11.5 Å². The van der Waals surface area contributed by atoms with Gasteiger partial charge in [0.1, 0.15) is 11.6 Å². The predicted molar refractivity (Wildman–Crippen MR) is 125 cm³/mol. The first-order valence-electron chi connectivity index (χ1n) is 11.1. The summed E-state index contributed by atoms with van der Waals surface area (Å²) < 4.78 is 18.5. The highest BCUT2D eigenvalue weighted by Crippen LogP contribution is 2.17. The van der Waals surface area contributed by atoms with Crippen LogP contribution in [-0.2, 0) is 6.54 Å². The zero-order chi connectivity index (χ0) is 23.9. The molecule has 0 radical (unpaired) electrons. The maximum Gasteiger partial charge on any atom is 0.273 e. The van der Waals surface area contributed by atoms with Crippen LogP contribution in [0.15, 0.2) is 60.9 Å². The van der Waals surface area contributed by atoms with E-state index in [0.717, 1.165) is 31.5 Å². The van der Waals surface area contributed by atoms with Crippen molar-refractivity contribution in [2.24, 2.45) is 0 Å². The minimum absolute atomic E-state index is 0.0246. The topological polar surface area (TPSA) is 96.5 Å². The van der Waals surface area contributed by atoms with Crippen molar-refractivity contribution in [1.29, 1.82) is 0 Å². The van der Waals surface area contributed by atoms with Gasteiger partial charge >= 0.3 is 0 Å². The molecule has 1 aliphatic rings. The number of benzene rings is 2. The van der Waals surface area contributed by atoms with E-state index in [-0.39, 0.29) is 29.3 Å². The number of halogens is 1. The van der Waals surface area contributed by atoms with E-state index in [1.165, 1.54) is 18.5 Å². The molecule has 0 unspecified atom stereocenters. The van der Waals surface area contributed by atoms with Crippen LogP contribution in [0.1, 0.15) is 39.3 Å². The lowest BCUT2D eigenvalue weighted by atomic mass is 10.0. The highest BCUT2D eigenvalue weighted by molar-refractivity contribution is 6.07. The van der Waals surface area contributed by atoms with Crippen molar-refractivity contribution in [1.82, 2.24) is 20.2 Å². The quantitative estimate of drug-likeness (QED) is 0.558. The molecule has 2 heterocycles. The molecule has 2 N–H and O–H groups in total. The van der Waals surface area contributed by atoms with E-state index in [2.05, 4.69) is 25.5 Å². The molecule has 1 aliphatic heterocycles. The van der Waals surface area contributed by atoms with Crippen LogP contribution in [0.5, 0.6) is 5.75 Å². The molecule has 3 aromatic rings. The number of anilines is 1. The molecule has 2 amide bonds. The van der Waals surface area contributed by atoms with E-state index in [0.29, 0.717) is 17.9 Å². The lowest BCUT2D eigenvalue weighted by Gasteiger charge is -2.32. The second-order valence-electron chi connectivity index (χ2n) is 8.09. The first kappa shape index (κ1) is 23.3. The van der Waals surface area contributed by atoms with E-state index in [1.54, 1.807) is 43.5 Å². The van der Waals surface area contributed by atoms with Crippen LogP contribution in [0.2, 0.25) is 0 Å². The number of rotatable bonds is 7. The molecule has 176 valence electrons. The van der Waals surface area contributed by atoms with E-state index in [4.69, 9.17) is 4.74 Å². The summed E-state index contributed by atoms with van der Waals surface area (Å²) in [6.07, 6.45) is 4.36. The van der Waals surface area contributed by atoms with Crippen molar-refractivity contribution in [2.45, 2.75) is 25.4 Å². The third kappa shape index (κ3) is 5.93. The van der Waals surface area contributed by atoms with E-state index in [9.17, 15) is 14.0 Å². The third-order valence-corrected chi connectivity index (χ3v) is 5.72. The number of likely N-dealkylation sites (tertiary alicyclic amines) is 1. The first-order chi connectivity index (χ1) is 16.5. The van der Waals surface area contributed by atoms with Crippen molar-refractivity contribution in [3.05, 3.63) is 83.6 Å². The highest BCUT2D eigenvalue weighted by atomic mass is 19.1. The minimum atomic E-state index is -0.400. The van der Waals surface area contributed by atoms with Crippen molar-refractivity contribution in [2.75, 3.05) is 25.5 Å². The number of hydrogen-bond acceptors (Lipinski definition) is 6. The van der Waals surface area contributed by atoms with Gasteiger partial charge in [-0.1, -0.05) is 12.1 Å². The maximum atomic E-state index is 13.4. The number of carbonyl (C=O) groups excluding carboxylic acids is 2. The molecular weight excluding hydrogens is 437 g/mol. The number of aromatic nitrogens is 2. The molecule has 1 fully saturated rings. The average molecular weight is 464 g/mol. The molecule has 34 heavy (non-hydrogen) atoms. The fourth-order valence-electron chi connectivity index (χ4n) is 3.90. The molecule has 2 aromatic carbocycles. The summed E-state index contributed by atoms with van der Waals surface area (Å²) in [4.78, 5) is 36.0. The Morgan fingerprint density at radius 2 is 1.79 bits per heavy atom. The van der Waals surface area contributed by atoms with Crippen LogP contribution >= 0.6 is 0 Å². The minimum Gasteiger partial charge on any atom is -0.497 e. The molecule has 1 aromatic heterocycles. The Morgan fingerprint density at radius 1 is 1.06 bits per heavy atom. The standard InChI is InChI=1S/C25H26FN5O3/c1-34-21-7-5-18(6-8-21)24(32)30-23-22(27-11-12-28-23)25(33)29-20-9-13-31(14-10-20)16-17-3-2-4-19(26)15-17/h2-8,11-12,15,20H,9-10,13-14,16H2,1H3,(H,29,33)(H,28,30,32). The Labute approximate surface area is 197 Å². The van der Waals surface area contributed by atoms with Gasteiger partial charge in [-0.05, 0) is 54.8 Å². The van der Waals surface area contributed by atoms with Gasteiger partial charge in [-0.3, -0.25) is 14.5 Å². The first-order valence-corrected chi connectivity index (χ1v) is 11.1. The van der Waals surface area contributed by atoms with Gasteiger partial charge in [0.25, 0.3) is 11.8 Å². The van der Waals surface area contributed by atoms with Gasteiger partial charge in [-0.15, -0.1) is 0 Å². The Hall–Kier alpha value is -3.85. The molecule has 0 saturated carbocycles. The number of ether oxygens (including phenoxy) is 1. The Balaban J connectivity index is 1.33. The Morgan fingerprint density at radius 3 is 2.50 bits per heavy atom. The smallest absolute Gasteiger partial charge is 0.273 e. The lowest BCUT2D eigenvalue weighted by Crippen LogP contribution is -2.44. The van der Waals surface area contributed by atoms with Crippen LogP contribution in [0.4, 0.5) is 10.2 Å². The zero-order valence-electron chi connectivity index (χ0n) is 18.8. The molecule has 4 rings (SSSR count). The second kappa shape index (κ2) is 10.8. The average Bonchev–Trinajstić information content (AvgIpc) is 2.85. The van der Waals surface area contributed by atoms with Gasteiger partial charge in [0.05, 0.1) is 7.11 Å². The number of methoxy groups -OCH3 is 1. The fraction of sp³-hybridized carbons (Fsp3) is 0.280. The van der Waals surface area contributed by atoms with E-state index < -0.39 is 5.91 Å². The molecule has 0 atom stereocenters. The summed E-state index contributed by atoms with van der Waals surface area (Å²) in [6, 6.07) is 13.2. The summed E-state index contributed by atoms with van der Waals surface area (Å²) in [5, 5.41) is 5.67. The van der Waals surface area contributed by atoms with Crippen LogP contribution in [-0.4, -0.2) is 52.9 Å². The van der Waals surface area contributed by atoms with Crippen LogP contribution in [0.3, 0.4) is 0 Å². The largest absolute Gasteiger partial charge is 0.497 e. The monoisotopic (exact) mass is 463 g/mol. The number of amides is 2. The second-order valence-corrected chi connectivity index (χ2v) is 8.09. The molecule has 1 saturated heterocycles. The van der Waals surface area contributed by atoms with Crippen molar-refractivity contribution in [3.8, 4) is 5.75 Å². The Bertz CT molecular complexity index is 1150. The summed E-state index contributed by atoms with van der Waals surface area (Å²) >= 11 is 0. The lowest BCUT2D eigenvalue weighted by molar-refractivity contribution is 0.0904. The number of nitrogens with one attached hydrogen (secondary N) is 2. The Kier molecular flexibility index (Phi) is 7.44. The van der Waals surface area contributed by atoms with Gasteiger partial charge in [-0.25, -0.2) is 14.4 Å². The number of hydrogen-bond donors (Lipinski definition) is 2. The van der Waals surface area contributed by atoms with Crippen molar-refractivity contribution < 1.29 is 18.7 Å². The molecule has 0 bridgehead atoms.